The summed E-state index contributed by atoms with van der Waals surface area (Å²) >= 11 is 0. The van der Waals surface area contributed by atoms with E-state index in [0.29, 0.717) is 0 Å². The number of hydrogen-bond donors (Lipinski definition) is 7. The van der Waals surface area contributed by atoms with Gasteiger partial charge in [0, 0.05) is 5.69 Å². The van der Waals surface area contributed by atoms with Crippen LogP contribution in [-0.2, 0) is 20.2 Å². The first-order valence-electron chi connectivity index (χ1n) is 8.34. The van der Waals surface area contributed by atoms with Gasteiger partial charge in [-0.15, -0.1) is 0 Å². The SMILES string of the molecule is Nc1ccc(NNc2c(C(=O)O)[nH]n(-c3ccc(S(=O)(=O)O)cc3)c2=O)c(S(=O)(=O)O)c1. The second-order valence-electron chi connectivity index (χ2n) is 6.26. The molecule has 1 aromatic heterocycles. The standard InChI is InChI=1S/C16H15N5O9S2/c17-8-1-6-11(12(7-8)32(28,29)30)18-19-13-14(16(23)24)20-21(15(13)22)9-2-4-10(5-3-9)31(25,26)27/h1-7,18-20H,17H2,(H,23,24)(H,25,26,27)(H,28,29,30). The fourth-order valence-corrected chi connectivity index (χ4v) is 3.80. The maximum Gasteiger partial charge on any atom is 0.356 e. The number of aromatic amines is 1. The lowest BCUT2D eigenvalue weighted by Gasteiger charge is -2.12. The highest BCUT2D eigenvalue weighted by atomic mass is 32.2. The Morgan fingerprint density at radius 3 is 2.12 bits per heavy atom. The number of benzene rings is 2. The molecule has 16 heteroatoms. The maximum absolute atomic E-state index is 12.7. The first-order chi connectivity index (χ1) is 14.8. The molecule has 0 atom stereocenters. The molecule has 0 unspecified atom stereocenters. The van der Waals surface area contributed by atoms with Crippen molar-refractivity contribution < 1.29 is 35.8 Å². The molecule has 8 N–H and O–H groups in total. The monoisotopic (exact) mass is 485 g/mol. The van der Waals surface area contributed by atoms with E-state index in [1.165, 1.54) is 12.1 Å². The van der Waals surface area contributed by atoms with Crippen molar-refractivity contribution in [1.29, 1.82) is 0 Å². The Hall–Kier alpha value is -3.86. The largest absolute Gasteiger partial charge is 0.476 e. The van der Waals surface area contributed by atoms with Crippen LogP contribution in [0.1, 0.15) is 10.5 Å². The molecular weight excluding hydrogens is 470 g/mol. The molecule has 0 aliphatic heterocycles. The van der Waals surface area contributed by atoms with Crippen molar-refractivity contribution in [2.24, 2.45) is 0 Å². The normalized spacial score (nSPS) is 11.8. The molecule has 0 bridgehead atoms. The topological polar surface area (TPSA) is 234 Å². The summed E-state index contributed by atoms with van der Waals surface area (Å²) in [7, 11) is -9.19. The number of carboxylic acids is 1. The van der Waals surface area contributed by atoms with Crippen molar-refractivity contribution >= 4 is 43.3 Å². The molecule has 0 spiro atoms. The lowest BCUT2D eigenvalue weighted by Crippen LogP contribution is -2.21. The van der Waals surface area contributed by atoms with E-state index < -0.39 is 52.9 Å². The van der Waals surface area contributed by atoms with Gasteiger partial charge in [0.15, 0.2) is 11.4 Å². The summed E-state index contributed by atoms with van der Waals surface area (Å²) in [5, 5.41) is 11.7. The zero-order chi connectivity index (χ0) is 23.8. The highest BCUT2D eigenvalue weighted by Crippen LogP contribution is 2.24. The molecular formula is C16H15N5O9S2. The van der Waals surface area contributed by atoms with E-state index in [4.69, 9.17) is 10.3 Å². The van der Waals surface area contributed by atoms with Crippen molar-refractivity contribution in [2.45, 2.75) is 9.79 Å². The fourth-order valence-electron chi connectivity index (χ4n) is 2.64. The van der Waals surface area contributed by atoms with Crippen LogP contribution in [-0.4, -0.2) is 46.8 Å². The lowest BCUT2D eigenvalue weighted by atomic mass is 10.3. The molecule has 0 saturated heterocycles. The molecule has 32 heavy (non-hydrogen) atoms. The number of carboxylic acid groups (broad SMARTS) is 1. The van der Waals surface area contributed by atoms with Gasteiger partial charge in [-0.3, -0.25) is 29.9 Å². The second kappa shape index (κ2) is 8.00. The summed E-state index contributed by atoms with van der Waals surface area (Å²) in [5.41, 5.74) is 7.87. The van der Waals surface area contributed by atoms with Crippen LogP contribution < -0.4 is 22.1 Å². The van der Waals surface area contributed by atoms with Crippen molar-refractivity contribution in [3.05, 3.63) is 58.5 Å². The number of carbonyl (C=O) groups is 1. The third-order valence-electron chi connectivity index (χ3n) is 4.10. The molecule has 14 nitrogen and oxygen atoms in total. The average Bonchev–Trinajstić information content (AvgIpc) is 3.02. The van der Waals surface area contributed by atoms with E-state index in [1.807, 2.05) is 0 Å². The van der Waals surface area contributed by atoms with E-state index in [1.54, 1.807) is 0 Å². The van der Waals surface area contributed by atoms with Crippen LogP contribution in [0.3, 0.4) is 0 Å². The first kappa shape index (κ1) is 22.8. The number of H-pyrrole nitrogens is 1. The van der Waals surface area contributed by atoms with E-state index >= 15 is 0 Å². The summed E-state index contributed by atoms with van der Waals surface area (Å²) < 4.78 is 64.5. The van der Waals surface area contributed by atoms with Gasteiger partial charge in [0.2, 0.25) is 0 Å². The van der Waals surface area contributed by atoms with E-state index in [-0.39, 0.29) is 17.1 Å². The Morgan fingerprint density at radius 1 is 0.969 bits per heavy atom. The van der Waals surface area contributed by atoms with Crippen LogP contribution in [0, 0.1) is 0 Å². The predicted octanol–water partition coefficient (Wildman–Crippen LogP) is 0.378. The summed E-state index contributed by atoms with van der Waals surface area (Å²) in [6.45, 7) is 0. The number of nitrogens with one attached hydrogen (secondary N) is 3. The Balaban J connectivity index is 2.02. The molecule has 0 aliphatic rings. The summed E-state index contributed by atoms with van der Waals surface area (Å²) in [6, 6.07) is 7.69. The van der Waals surface area contributed by atoms with Crippen LogP contribution >= 0.6 is 0 Å². The molecule has 0 radical (unpaired) electrons. The summed E-state index contributed by atoms with van der Waals surface area (Å²) in [5.74, 6) is -1.55. The quantitative estimate of drug-likeness (QED) is 0.137. The van der Waals surface area contributed by atoms with Gasteiger partial charge >= 0.3 is 5.97 Å². The maximum atomic E-state index is 12.7. The van der Waals surface area contributed by atoms with Crippen molar-refractivity contribution in [1.82, 2.24) is 9.78 Å². The number of hydrazine groups is 1. The van der Waals surface area contributed by atoms with Gasteiger partial charge in [-0.25, -0.2) is 9.48 Å². The number of hydrogen-bond acceptors (Lipinski definition) is 9. The van der Waals surface area contributed by atoms with Crippen LogP contribution in [0.2, 0.25) is 0 Å². The molecule has 0 fully saturated rings. The lowest BCUT2D eigenvalue weighted by molar-refractivity contribution is 0.0691. The number of nitrogens with zero attached hydrogens (tertiary/aromatic N) is 1. The average molecular weight is 485 g/mol. The Morgan fingerprint density at radius 2 is 1.59 bits per heavy atom. The highest BCUT2D eigenvalue weighted by molar-refractivity contribution is 7.86. The van der Waals surface area contributed by atoms with Gasteiger partial charge in [0.25, 0.3) is 25.8 Å². The van der Waals surface area contributed by atoms with Crippen LogP contribution in [0.5, 0.6) is 0 Å². The minimum atomic E-state index is -4.71. The van der Waals surface area contributed by atoms with Crippen LogP contribution in [0.4, 0.5) is 17.1 Å². The molecule has 3 aromatic rings. The molecule has 0 saturated carbocycles. The minimum Gasteiger partial charge on any atom is -0.476 e. The summed E-state index contributed by atoms with van der Waals surface area (Å²) in [4.78, 5) is 23.2. The molecule has 0 amide bonds. The molecule has 0 aliphatic carbocycles. The number of nitrogens with two attached hydrogens (primary N) is 1. The molecule has 1 heterocycles. The van der Waals surface area contributed by atoms with Crippen molar-refractivity contribution in [2.75, 3.05) is 16.6 Å². The van der Waals surface area contributed by atoms with Crippen molar-refractivity contribution in [3.8, 4) is 5.69 Å². The van der Waals surface area contributed by atoms with Gasteiger partial charge in [0.1, 0.15) is 4.90 Å². The number of aromatic nitrogens is 2. The smallest absolute Gasteiger partial charge is 0.356 e. The Kier molecular flexibility index (Phi) is 5.71. The summed E-state index contributed by atoms with van der Waals surface area (Å²) in [6.07, 6.45) is 0. The molecule has 3 rings (SSSR count). The van der Waals surface area contributed by atoms with E-state index in [9.17, 15) is 36.1 Å². The molecule has 170 valence electrons. The third kappa shape index (κ3) is 4.57. The molecule has 2 aromatic carbocycles. The first-order valence-corrected chi connectivity index (χ1v) is 11.2. The van der Waals surface area contributed by atoms with Gasteiger partial charge in [-0.2, -0.15) is 16.8 Å². The third-order valence-corrected chi connectivity index (χ3v) is 5.86. The van der Waals surface area contributed by atoms with E-state index in [2.05, 4.69) is 16.0 Å². The van der Waals surface area contributed by atoms with Crippen LogP contribution in [0.25, 0.3) is 5.69 Å². The van der Waals surface area contributed by atoms with Gasteiger partial charge < -0.3 is 10.8 Å². The Labute approximate surface area is 179 Å². The highest BCUT2D eigenvalue weighted by Gasteiger charge is 2.22. The van der Waals surface area contributed by atoms with Crippen molar-refractivity contribution in [3.63, 3.8) is 0 Å². The van der Waals surface area contributed by atoms with Gasteiger partial charge in [-0.05, 0) is 42.5 Å². The van der Waals surface area contributed by atoms with E-state index in [0.717, 1.165) is 35.0 Å². The minimum absolute atomic E-state index is 0.0201. The fraction of sp³-hybridized carbons (Fsp3) is 0. The predicted molar refractivity (Wildman–Crippen MR) is 111 cm³/mol. The number of anilines is 3. The van der Waals surface area contributed by atoms with Gasteiger partial charge in [0.05, 0.1) is 16.3 Å². The van der Waals surface area contributed by atoms with Gasteiger partial charge in [-0.1, -0.05) is 0 Å². The van der Waals surface area contributed by atoms with Crippen LogP contribution in [0.15, 0.2) is 57.1 Å². The number of nitrogen functional groups attached to an aromatic ring is 1. The second-order valence-corrected chi connectivity index (χ2v) is 9.07. The number of rotatable bonds is 7. The zero-order valence-corrected chi connectivity index (χ0v) is 17.3. The Bertz CT molecular complexity index is 1470. The number of aromatic carboxylic acids is 1. The zero-order valence-electron chi connectivity index (χ0n) is 15.7.